The third kappa shape index (κ3) is 8.10. The van der Waals surface area contributed by atoms with Crippen molar-refractivity contribution in [1.29, 1.82) is 0 Å². The summed E-state index contributed by atoms with van der Waals surface area (Å²) in [5.74, 6) is 0. The van der Waals surface area contributed by atoms with E-state index in [1.54, 1.807) is 0 Å². The predicted molar refractivity (Wildman–Crippen MR) is 151 cm³/mol. The van der Waals surface area contributed by atoms with Crippen molar-refractivity contribution in [1.82, 2.24) is 0 Å². The minimum atomic E-state index is -1.21. The first kappa shape index (κ1) is 29.9. The second-order valence-electron chi connectivity index (χ2n) is 15.9. The molecule has 0 spiro atoms. The zero-order valence-corrected chi connectivity index (χ0v) is 30.6. The molecule has 0 amide bonds. The maximum absolute atomic E-state index is 2.76. The summed E-state index contributed by atoms with van der Waals surface area (Å²) in [5, 5.41) is 0. The van der Waals surface area contributed by atoms with Crippen LogP contribution in [0.4, 0.5) is 0 Å². The Morgan fingerprint density at radius 2 is 0.393 bits per heavy atom. The standard InChI is InChI=1S/3C7H19Si2.V/c3*1-8(2,3)7-9(4,5)6;/h3*7H,1-6H3;. The van der Waals surface area contributed by atoms with Crippen molar-refractivity contribution in [2.24, 2.45) is 0 Å². The Kier molecular flexibility index (Phi) is 9.63. The van der Waals surface area contributed by atoms with Crippen LogP contribution in [-0.2, 0) is 15.2 Å². The van der Waals surface area contributed by atoms with Gasteiger partial charge < -0.3 is 0 Å². The van der Waals surface area contributed by atoms with Crippen LogP contribution in [0.25, 0.3) is 0 Å². The quantitative estimate of drug-likeness (QED) is 0.261. The van der Waals surface area contributed by atoms with Gasteiger partial charge in [-0.05, 0) is 0 Å². The summed E-state index contributed by atoms with van der Waals surface area (Å²) in [4.78, 5) is 0. The van der Waals surface area contributed by atoms with E-state index in [4.69, 9.17) is 0 Å². The summed E-state index contributed by atoms with van der Waals surface area (Å²) < 4.78 is 3.58. The Labute approximate surface area is 192 Å². The van der Waals surface area contributed by atoms with Crippen molar-refractivity contribution in [3.8, 4) is 0 Å². The number of hydrogen-bond donors (Lipinski definition) is 0. The maximum atomic E-state index is 2.76. The first-order chi connectivity index (χ1) is 11.7. The molecule has 0 unspecified atom stereocenters. The molecule has 0 aliphatic carbocycles. The molecule has 0 fully saturated rings. The van der Waals surface area contributed by atoms with E-state index >= 15 is 0 Å². The molecule has 0 saturated carbocycles. The molecule has 0 saturated heterocycles. The average Bonchev–Trinajstić information content (AvgIpc) is 2.13. The van der Waals surface area contributed by atoms with Gasteiger partial charge in [-0.15, -0.1) is 0 Å². The second kappa shape index (κ2) is 9.03. The third-order valence-corrected chi connectivity index (χ3v) is 63.2. The van der Waals surface area contributed by atoms with E-state index in [1.165, 1.54) is 11.6 Å². The summed E-state index contributed by atoms with van der Waals surface area (Å²) in [6.45, 7) is 49.7. The molecule has 0 aliphatic rings. The molecule has 0 N–H and O–H groups in total. The van der Waals surface area contributed by atoms with E-state index in [-0.39, 0.29) is 0 Å². The Balaban J connectivity index is 7.30. The van der Waals surface area contributed by atoms with Crippen molar-refractivity contribution in [2.45, 2.75) is 129 Å². The molecule has 0 atom stereocenters. The van der Waals surface area contributed by atoms with Gasteiger partial charge in [0.2, 0.25) is 0 Å². The fraction of sp³-hybridized carbons (Fsp3) is 1.00. The van der Waals surface area contributed by atoms with E-state index in [0.29, 0.717) is 0 Å². The molecule has 0 aromatic heterocycles. The molecular formula is C21H57Si6V. The zero-order chi connectivity index (χ0) is 23.3. The van der Waals surface area contributed by atoms with Crippen molar-refractivity contribution < 1.29 is 15.2 Å². The van der Waals surface area contributed by atoms with E-state index in [0.717, 1.165) is 0 Å². The van der Waals surface area contributed by atoms with Gasteiger partial charge in [0, 0.05) is 0 Å². The monoisotopic (exact) mass is 528 g/mol. The van der Waals surface area contributed by atoms with Crippen LogP contribution >= 0.6 is 0 Å². The van der Waals surface area contributed by atoms with Gasteiger partial charge in [0.1, 0.15) is 0 Å². The fourth-order valence-corrected chi connectivity index (χ4v) is 84.9. The van der Waals surface area contributed by atoms with E-state index in [1.807, 2.05) is 0 Å². The van der Waals surface area contributed by atoms with Crippen molar-refractivity contribution in [3.05, 3.63) is 0 Å². The van der Waals surface area contributed by atoms with Crippen LogP contribution in [-0.4, -0.2) is 48.4 Å². The van der Waals surface area contributed by atoms with Crippen LogP contribution in [0.15, 0.2) is 0 Å². The zero-order valence-electron chi connectivity index (χ0n) is 23.2. The van der Waals surface area contributed by atoms with Gasteiger partial charge >= 0.3 is 193 Å². The van der Waals surface area contributed by atoms with Crippen LogP contribution in [0.2, 0.25) is 129 Å². The molecule has 0 rings (SSSR count). The topological polar surface area (TPSA) is 0 Å². The van der Waals surface area contributed by atoms with E-state index in [2.05, 4.69) is 118 Å². The van der Waals surface area contributed by atoms with Gasteiger partial charge in [0.25, 0.3) is 0 Å². The van der Waals surface area contributed by atoms with Crippen molar-refractivity contribution in [2.75, 3.05) is 0 Å². The molecule has 0 aromatic carbocycles. The Morgan fingerprint density at radius 3 is 0.464 bits per heavy atom. The molecule has 170 valence electrons. The van der Waals surface area contributed by atoms with Crippen molar-refractivity contribution in [3.63, 3.8) is 0 Å². The van der Waals surface area contributed by atoms with Gasteiger partial charge in [-0.3, -0.25) is 0 Å². The Bertz CT molecular complexity index is 388. The average molecular weight is 529 g/mol. The molecule has 0 aliphatic heterocycles. The summed E-state index contributed by atoms with van der Waals surface area (Å²) >= 11 is -1.06. The normalized spacial score (nSPS) is 16.1. The SMILES string of the molecule is C[Si](C)(C)[CH]([V]([CH]([Si](C)(C)C)[Si](C)(C)C)[CH]([Si](C)(C)C)[Si](C)(C)C)[Si](C)(C)C. The van der Waals surface area contributed by atoms with E-state index < -0.39 is 63.6 Å². The van der Waals surface area contributed by atoms with Crippen LogP contribution in [0, 0.1) is 0 Å². The van der Waals surface area contributed by atoms with Gasteiger partial charge in [-0.1, -0.05) is 0 Å². The molecule has 0 nitrogen and oxygen atoms in total. The van der Waals surface area contributed by atoms with Gasteiger partial charge in [-0.2, -0.15) is 0 Å². The summed E-state index contributed by atoms with van der Waals surface area (Å²) in [7, 11) is -7.26. The number of hydrogen-bond acceptors (Lipinski definition) is 0. The molecular weight excluding hydrogens is 472 g/mol. The minimum absolute atomic E-state index is 1.06. The van der Waals surface area contributed by atoms with Gasteiger partial charge in [-0.25, -0.2) is 0 Å². The fourth-order valence-electron chi connectivity index (χ4n) is 7.03. The van der Waals surface area contributed by atoms with E-state index in [9.17, 15) is 0 Å². The molecule has 0 bridgehead atoms. The Morgan fingerprint density at radius 1 is 0.286 bits per heavy atom. The first-order valence-electron chi connectivity index (χ1n) is 11.5. The summed E-state index contributed by atoms with van der Waals surface area (Å²) in [6, 6.07) is 0. The number of rotatable bonds is 9. The third-order valence-electron chi connectivity index (χ3n) is 5.82. The van der Waals surface area contributed by atoms with Crippen LogP contribution < -0.4 is 0 Å². The molecule has 0 aromatic rings. The summed E-state index contributed by atoms with van der Waals surface area (Å²) in [6.07, 6.45) is 0. The molecule has 0 radical (unpaired) electrons. The Hall–Kier alpha value is 1.89. The van der Waals surface area contributed by atoms with Crippen LogP contribution in [0.1, 0.15) is 0 Å². The predicted octanol–water partition coefficient (Wildman–Crippen LogP) is 9.23. The molecule has 0 heterocycles. The van der Waals surface area contributed by atoms with Crippen molar-refractivity contribution >= 4 is 48.4 Å². The van der Waals surface area contributed by atoms with Gasteiger partial charge in [0.15, 0.2) is 0 Å². The first-order valence-corrected chi connectivity index (χ1v) is 35.4. The van der Waals surface area contributed by atoms with Crippen LogP contribution in [0.3, 0.4) is 0 Å². The second-order valence-corrected chi connectivity index (χ2v) is 57.9. The molecule has 7 heteroatoms. The van der Waals surface area contributed by atoms with Crippen LogP contribution in [0.5, 0.6) is 0 Å². The summed E-state index contributed by atoms with van der Waals surface area (Å²) in [5.41, 5.74) is 0. The van der Waals surface area contributed by atoms with Gasteiger partial charge in [0.05, 0.1) is 0 Å². The molecule has 28 heavy (non-hydrogen) atoms.